The van der Waals surface area contributed by atoms with E-state index in [0.717, 1.165) is 11.1 Å². The third-order valence-corrected chi connectivity index (χ3v) is 3.45. The molecule has 0 heterocycles. The molecule has 1 nitrogen and oxygen atoms in total. The second-order valence-electron chi connectivity index (χ2n) is 5.13. The van der Waals surface area contributed by atoms with E-state index >= 15 is 0 Å². The smallest absolute Gasteiger partial charge is 0.0314 e. The molecule has 0 aromatic rings. The van der Waals surface area contributed by atoms with Crippen LogP contribution in [0.4, 0.5) is 0 Å². The maximum absolute atomic E-state index is 5.63. The van der Waals surface area contributed by atoms with Crippen molar-refractivity contribution >= 4 is 0 Å². The van der Waals surface area contributed by atoms with Crippen LogP contribution in [-0.4, -0.2) is 0 Å². The highest BCUT2D eigenvalue weighted by molar-refractivity contribution is 5.69. The topological polar surface area (TPSA) is 26.0 Å². The summed E-state index contributed by atoms with van der Waals surface area (Å²) in [5.74, 6) is 0. The molecular weight excluding hydrogens is 266 g/mol. The molecular formula is C21H25N. The van der Waals surface area contributed by atoms with Gasteiger partial charge in [-0.05, 0) is 51.5 Å². The molecule has 0 amide bonds. The van der Waals surface area contributed by atoms with E-state index in [0.29, 0.717) is 44.7 Å². The Bertz CT molecular complexity index is 615. The van der Waals surface area contributed by atoms with Gasteiger partial charge >= 0.3 is 0 Å². The van der Waals surface area contributed by atoms with E-state index in [9.17, 15) is 0 Å². The van der Waals surface area contributed by atoms with Gasteiger partial charge < -0.3 is 5.73 Å². The maximum Gasteiger partial charge on any atom is 0.0314 e. The zero-order valence-corrected chi connectivity index (χ0v) is 13.6. The van der Waals surface area contributed by atoms with Gasteiger partial charge in [0.15, 0.2) is 0 Å². The highest BCUT2D eigenvalue weighted by atomic mass is 14.6. The molecule has 0 aliphatic carbocycles. The van der Waals surface area contributed by atoms with Crippen molar-refractivity contribution in [3.63, 3.8) is 0 Å². The molecule has 2 N–H and O–H groups in total. The molecule has 0 saturated carbocycles. The van der Waals surface area contributed by atoms with Gasteiger partial charge in [0.25, 0.3) is 0 Å². The van der Waals surface area contributed by atoms with E-state index in [4.69, 9.17) is 5.73 Å². The summed E-state index contributed by atoms with van der Waals surface area (Å²) in [5, 5.41) is 0. The number of hydrogen-bond acceptors (Lipinski definition) is 1. The van der Waals surface area contributed by atoms with Gasteiger partial charge in [-0.15, -0.1) is 0 Å². The third-order valence-electron chi connectivity index (χ3n) is 3.45. The molecule has 0 aliphatic rings. The van der Waals surface area contributed by atoms with Crippen LogP contribution in [0.1, 0.15) is 6.92 Å². The molecule has 22 heavy (non-hydrogen) atoms. The molecule has 0 rings (SSSR count). The van der Waals surface area contributed by atoms with Gasteiger partial charge in [-0.2, -0.15) is 0 Å². The molecule has 0 saturated heterocycles. The Balaban J connectivity index is 5.28. The van der Waals surface area contributed by atoms with Crippen molar-refractivity contribution in [3.8, 4) is 0 Å². The predicted octanol–water partition coefficient (Wildman–Crippen LogP) is 5.48. The average molecular weight is 291 g/mol. The fourth-order valence-corrected chi connectivity index (χ4v) is 1.54. The Kier molecular flexibility index (Phi) is 6.35. The van der Waals surface area contributed by atoms with Gasteiger partial charge in [0.1, 0.15) is 0 Å². The maximum atomic E-state index is 5.63. The molecule has 0 radical (unpaired) electrons. The fourth-order valence-electron chi connectivity index (χ4n) is 1.54. The van der Waals surface area contributed by atoms with Crippen molar-refractivity contribution in [2.24, 2.45) is 5.73 Å². The standard InChI is InChI=1S/C21H25N/c1-12(2)13(3)14(4)15(5)16(6)17(7)18(8)19(9)20(10)21(11)22/h1,3-11,22H2,2H3. The van der Waals surface area contributed by atoms with Crippen molar-refractivity contribution in [1.82, 2.24) is 0 Å². The van der Waals surface area contributed by atoms with Gasteiger partial charge in [0.05, 0.1) is 0 Å². The van der Waals surface area contributed by atoms with Crippen LogP contribution in [0.25, 0.3) is 0 Å². The van der Waals surface area contributed by atoms with Gasteiger partial charge in [-0.1, -0.05) is 71.4 Å². The molecule has 0 aliphatic heterocycles. The second-order valence-corrected chi connectivity index (χ2v) is 5.13. The lowest BCUT2D eigenvalue weighted by molar-refractivity contribution is 1.30. The van der Waals surface area contributed by atoms with Crippen LogP contribution in [0.2, 0.25) is 0 Å². The van der Waals surface area contributed by atoms with E-state index < -0.39 is 0 Å². The fraction of sp³-hybridized carbons (Fsp3) is 0.0476. The quantitative estimate of drug-likeness (QED) is 0.559. The van der Waals surface area contributed by atoms with E-state index in [2.05, 4.69) is 65.8 Å². The zero-order chi connectivity index (χ0) is 17.8. The van der Waals surface area contributed by atoms with E-state index in [1.54, 1.807) is 0 Å². The Hall–Kier alpha value is -2.80. The summed E-state index contributed by atoms with van der Waals surface area (Å²) in [6.45, 7) is 41.0. The van der Waals surface area contributed by atoms with Crippen LogP contribution in [-0.2, 0) is 0 Å². The monoisotopic (exact) mass is 291 g/mol. The van der Waals surface area contributed by atoms with Gasteiger partial charge in [-0.3, -0.25) is 0 Å². The summed E-state index contributed by atoms with van der Waals surface area (Å²) in [6, 6.07) is 0. The first-order chi connectivity index (χ1) is 9.93. The highest BCUT2D eigenvalue weighted by Gasteiger charge is 2.16. The van der Waals surface area contributed by atoms with Crippen LogP contribution in [0.5, 0.6) is 0 Å². The second kappa shape index (κ2) is 7.28. The molecule has 0 unspecified atom stereocenters. The molecule has 0 aromatic heterocycles. The Labute approximate surface area is 134 Å². The van der Waals surface area contributed by atoms with Crippen LogP contribution in [0.15, 0.2) is 122 Å². The minimum atomic E-state index is 0.337. The number of allylic oxidation sites excluding steroid dienone is 8. The minimum absolute atomic E-state index is 0.337. The van der Waals surface area contributed by atoms with Crippen LogP contribution in [0.3, 0.4) is 0 Å². The first-order valence-corrected chi connectivity index (χ1v) is 6.57. The summed E-state index contributed by atoms with van der Waals surface area (Å²) in [6.07, 6.45) is 0. The molecule has 0 atom stereocenters. The molecule has 1 heteroatoms. The Morgan fingerprint density at radius 3 is 0.909 bits per heavy atom. The highest BCUT2D eigenvalue weighted by Crippen LogP contribution is 2.33. The number of rotatable bonds is 9. The molecule has 0 bridgehead atoms. The largest absolute Gasteiger partial charge is 0.399 e. The molecule has 0 fully saturated rings. The summed E-state index contributed by atoms with van der Waals surface area (Å²) in [5.41, 5.74) is 11.7. The van der Waals surface area contributed by atoms with Crippen molar-refractivity contribution in [2.75, 3.05) is 0 Å². The SMILES string of the molecule is C=C(C)C(=C)C(=C)C(=C)C(=C)C(=C)C(=C)C(=C)C(=C)C(=C)N. The van der Waals surface area contributed by atoms with Crippen molar-refractivity contribution < 1.29 is 0 Å². The lowest BCUT2D eigenvalue weighted by Gasteiger charge is -2.19. The van der Waals surface area contributed by atoms with Crippen molar-refractivity contribution in [2.45, 2.75) is 6.92 Å². The lowest BCUT2D eigenvalue weighted by Crippen LogP contribution is -2.05. The summed E-state index contributed by atoms with van der Waals surface area (Å²) >= 11 is 0. The van der Waals surface area contributed by atoms with Crippen LogP contribution >= 0.6 is 0 Å². The third kappa shape index (κ3) is 4.10. The molecule has 0 spiro atoms. The number of nitrogens with two attached hydrogens (primary N) is 1. The Morgan fingerprint density at radius 2 is 0.682 bits per heavy atom. The van der Waals surface area contributed by atoms with E-state index in [-0.39, 0.29) is 0 Å². The van der Waals surface area contributed by atoms with Crippen molar-refractivity contribution in [1.29, 1.82) is 0 Å². The molecule has 0 aromatic carbocycles. The average Bonchev–Trinajstić information content (AvgIpc) is 2.48. The van der Waals surface area contributed by atoms with E-state index in [1.165, 1.54) is 0 Å². The minimum Gasteiger partial charge on any atom is -0.399 e. The van der Waals surface area contributed by atoms with Crippen LogP contribution in [0, 0.1) is 0 Å². The number of hydrogen-bond donors (Lipinski definition) is 1. The Morgan fingerprint density at radius 1 is 0.455 bits per heavy atom. The first-order valence-electron chi connectivity index (χ1n) is 6.57. The van der Waals surface area contributed by atoms with Gasteiger partial charge in [-0.25, -0.2) is 0 Å². The zero-order valence-electron chi connectivity index (χ0n) is 13.6. The molecule has 114 valence electrons. The summed E-state index contributed by atoms with van der Waals surface area (Å²) in [4.78, 5) is 0. The normalized spacial score (nSPS) is 9.32. The summed E-state index contributed by atoms with van der Waals surface area (Å²) in [7, 11) is 0. The summed E-state index contributed by atoms with van der Waals surface area (Å²) < 4.78 is 0. The predicted molar refractivity (Wildman–Crippen MR) is 101 cm³/mol. The van der Waals surface area contributed by atoms with E-state index in [1.807, 2.05) is 6.92 Å². The van der Waals surface area contributed by atoms with Gasteiger partial charge in [0, 0.05) is 5.70 Å². The van der Waals surface area contributed by atoms with Gasteiger partial charge in [0.2, 0.25) is 0 Å². The van der Waals surface area contributed by atoms with Crippen molar-refractivity contribution in [3.05, 3.63) is 122 Å². The first kappa shape index (κ1) is 19.2. The lowest BCUT2D eigenvalue weighted by atomic mass is 9.85. The van der Waals surface area contributed by atoms with Crippen LogP contribution < -0.4 is 5.73 Å².